The van der Waals surface area contributed by atoms with Gasteiger partial charge < -0.3 is 9.47 Å². The summed E-state index contributed by atoms with van der Waals surface area (Å²) in [6, 6.07) is 15.7. The van der Waals surface area contributed by atoms with Gasteiger partial charge in [0.25, 0.3) is 0 Å². The maximum Gasteiger partial charge on any atom is 0.352 e. The monoisotopic (exact) mass is 404 g/mol. The lowest BCUT2D eigenvalue weighted by atomic mass is 10.1. The number of ether oxygens (including phenoxy) is 2. The second-order valence-electron chi connectivity index (χ2n) is 5.58. The Morgan fingerprint density at radius 3 is 2.48 bits per heavy atom. The summed E-state index contributed by atoms with van der Waals surface area (Å²) in [6.07, 6.45) is 1.75. The fourth-order valence-corrected chi connectivity index (χ4v) is 2.67. The van der Waals surface area contributed by atoms with Crippen LogP contribution in [0.15, 0.2) is 59.1 Å². The first-order chi connectivity index (χ1) is 12.1. The van der Waals surface area contributed by atoms with Gasteiger partial charge in [0.15, 0.2) is 0 Å². The minimum absolute atomic E-state index is 0.324. The van der Waals surface area contributed by atoms with Crippen LogP contribution in [0.4, 0.5) is 0 Å². The fraction of sp³-hybridized carbons (Fsp3) is 0.300. The van der Waals surface area contributed by atoms with Crippen LogP contribution in [0.2, 0.25) is 0 Å². The van der Waals surface area contributed by atoms with Gasteiger partial charge in [0.05, 0.1) is 12.2 Å². The Morgan fingerprint density at radius 2 is 1.80 bits per heavy atom. The molecule has 0 aromatic heterocycles. The minimum Gasteiger partial charge on any atom is -0.463 e. The molecule has 0 spiro atoms. The summed E-state index contributed by atoms with van der Waals surface area (Å²) in [5, 5.41) is 0. The first-order valence-electron chi connectivity index (χ1n) is 8.30. The SMILES string of the molecule is CCCCCOC(=O)C(OC(=O)c1cccc(Br)c1)c1ccccc1. The zero-order chi connectivity index (χ0) is 18.1. The third kappa shape index (κ3) is 6.02. The van der Waals surface area contributed by atoms with Crippen molar-refractivity contribution in [1.82, 2.24) is 0 Å². The normalized spacial score (nSPS) is 11.6. The number of hydrogen-bond acceptors (Lipinski definition) is 4. The smallest absolute Gasteiger partial charge is 0.352 e. The lowest BCUT2D eigenvalue weighted by Gasteiger charge is -2.17. The Balaban J connectivity index is 2.12. The van der Waals surface area contributed by atoms with E-state index in [1.807, 2.05) is 12.1 Å². The van der Waals surface area contributed by atoms with E-state index < -0.39 is 18.0 Å². The number of esters is 2. The predicted octanol–water partition coefficient (Wildman–Crippen LogP) is 5.08. The van der Waals surface area contributed by atoms with E-state index in [9.17, 15) is 9.59 Å². The van der Waals surface area contributed by atoms with E-state index in [0.29, 0.717) is 17.7 Å². The fourth-order valence-electron chi connectivity index (χ4n) is 2.27. The zero-order valence-electron chi connectivity index (χ0n) is 14.1. The highest BCUT2D eigenvalue weighted by atomic mass is 79.9. The van der Waals surface area contributed by atoms with E-state index in [-0.39, 0.29) is 0 Å². The first-order valence-corrected chi connectivity index (χ1v) is 9.09. The van der Waals surface area contributed by atoms with Gasteiger partial charge >= 0.3 is 11.9 Å². The Kier molecular flexibility index (Phi) is 7.67. The summed E-state index contributed by atoms with van der Waals surface area (Å²) in [5.41, 5.74) is 0.959. The zero-order valence-corrected chi connectivity index (χ0v) is 15.7. The highest BCUT2D eigenvalue weighted by molar-refractivity contribution is 9.10. The molecule has 0 saturated carbocycles. The molecular weight excluding hydrogens is 384 g/mol. The standard InChI is InChI=1S/C20H21BrO4/c1-2-3-7-13-24-20(23)18(15-9-5-4-6-10-15)25-19(22)16-11-8-12-17(21)14-16/h4-6,8-12,14,18H,2-3,7,13H2,1H3. The van der Waals surface area contributed by atoms with Gasteiger partial charge in [-0.25, -0.2) is 9.59 Å². The van der Waals surface area contributed by atoms with Gasteiger partial charge in [0, 0.05) is 10.0 Å². The molecule has 4 nitrogen and oxygen atoms in total. The molecule has 0 saturated heterocycles. The lowest BCUT2D eigenvalue weighted by Crippen LogP contribution is -2.22. The summed E-state index contributed by atoms with van der Waals surface area (Å²) in [5.74, 6) is -1.12. The highest BCUT2D eigenvalue weighted by Gasteiger charge is 2.27. The number of halogens is 1. The molecule has 2 aromatic carbocycles. The number of carbonyl (C=O) groups is 2. The third-order valence-electron chi connectivity index (χ3n) is 3.59. The summed E-state index contributed by atoms with van der Waals surface area (Å²) in [4.78, 5) is 24.8. The van der Waals surface area contributed by atoms with Gasteiger partial charge in [0.2, 0.25) is 6.10 Å². The first kappa shape index (κ1) is 19.2. The second kappa shape index (κ2) is 9.99. The van der Waals surface area contributed by atoms with Crippen LogP contribution in [0.25, 0.3) is 0 Å². The van der Waals surface area contributed by atoms with Crippen molar-refractivity contribution >= 4 is 27.9 Å². The molecular formula is C20H21BrO4. The Bertz CT molecular complexity index is 700. The van der Waals surface area contributed by atoms with Crippen LogP contribution in [-0.2, 0) is 14.3 Å². The van der Waals surface area contributed by atoms with Crippen LogP contribution in [0.3, 0.4) is 0 Å². The van der Waals surface area contributed by atoms with Gasteiger partial charge in [-0.3, -0.25) is 0 Å². The van der Waals surface area contributed by atoms with Gasteiger partial charge in [-0.1, -0.05) is 72.1 Å². The van der Waals surface area contributed by atoms with Crippen molar-refractivity contribution in [2.75, 3.05) is 6.61 Å². The Hall–Kier alpha value is -2.14. The molecule has 0 N–H and O–H groups in total. The van der Waals surface area contributed by atoms with E-state index in [0.717, 1.165) is 23.7 Å². The minimum atomic E-state index is -1.07. The highest BCUT2D eigenvalue weighted by Crippen LogP contribution is 2.22. The predicted molar refractivity (Wildman–Crippen MR) is 99.2 cm³/mol. The number of carbonyl (C=O) groups excluding carboxylic acids is 2. The van der Waals surface area contributed by atoms with Crippen LogP contribution in [0, 0.1) is 0 Å². The largest absolute Gasteiger partial charge is 0.463 e. The van der Waals surface area contributed by atoms with Crippen molar-refractivity contribution in [3.63, 3.8) is 0 Å². The van der Waals surface area contributed by atoms with Crippen molar-refractivity contribution in [3.8, 4) is 0 Å². The van der Waals surface area contributed by atoms with E-state index >= 15 is 0 Å². The van der Waals surface area contributed by atoms with Crippen LogP contribution < -0.4 is 0 Å². The molecule has 0 aliphatic heterocycles. The molecule has 5 heteroatoms. The van der Waals surface area contributed by atoms with Gasteiger partial charge in [-0.15, -0.1) is 0 Å². The number of unbranched alkanes of at least 4 members (excludes halogenated alkanes) is 2. The van der Waals surface area contributed by atoms with Gasteiger partial charge in [-0.05, 0) is 24.6 Å². The van der Waals surface area contributed by atoms with Crippen molar-refractivity contribution in [3.05, 3.63) is 70.2 Å². The Labute approximate surface area is 156 Å². The maximum atomic E-state index is 12.4. The van der Waals surface area contributed by atoms with E-state index in [1.165, 1.54) is 0 Å². The molecule has 2 aromatic rings. The van der Waals surface area contributed by atoms with Crippen molar-refractivity contribution in [2.24, 2.45) is 0 Å². The summed E-state index contributed by atoms with van der Waals surface area (Å²) >= 11 is 3.32. The molecule has 25 heavy (non-hydrogen) atoms. The van der Waals surface area contributed by atoms with Gasteiger partial charge in [0.1, 0.15) is 0 Å². The molecule has 0 radical (unpaired) electrons. The van der Waals surface area contributed by atoms with Crippen LogP contribution in [0.5, 0.6) is 0 Å². The van der Waals surface area contributed by atoms with Crippen LogP contribution in [-0.4, -0.2) is 18.5 Å². The number of benzene rings is 2. The number of rotatable bonds is 8. The topological polar surface area (TPSA) is 52.6 Å². The summed E-state index contributed by atoms with van der Waals surface area (Å²) in [6.45, 7) is 2.40. The molecule has 0 aliphatic rings. The van der Waals surface area contributed by atoms with Crippen LogP contribution >= 0.6 is 15.9 Å². The quantitative estimate of drug-likeness (QED) is 0.454. The summed E-state index contributed by atoms with van der Waals surface area (Å²) in [7, 11) is 0. The maximum absolute atomic E-state index is 12.4. The summed E-state index contributed by atoms with van der Waals surface area (Å²) < 4.78 is 11.5. The molecule has 0 fully saturated rings. The lowest BCUT2D eigenvalue weighted by molar-refractivity contribution is -0.154. The van der Waals surface area contributed by atoms with Crippen molar-refractivity contribution in [2.45, 2.75) is 32.3 Å². The molecule has 1 unspecified atom stereocenters. The molecule has 2 rings (SSSR count). The van der Waals surface area contributed by atoms with Crippen molar-refractivity contribution < 1.29 is 19.1 Å². The molecule has 0 heterocycles. The Morgan fingerprint density at radius 1 is 1.04 bits per heavy atom. The molecule has 1 atom stereocenters. The van der Waals surface area contributed by atoms with Gasteiger partial charge in [-0.2, -0.15) is 0 Å². The van der Waals surface area contributed by atoms with Crippen LogP contribution in [0.1, 0.15) is 48.2 Å². The van der Waals surface area contributed by atoms with Crippen molar-refractivity contribution in [1.29, 1.82) is 0 Å². The van der Waals surface area contributed by atoms with E-state index in [1.54, 1.807) is 42.5 Å². The molecule has 0 aliphatic carbocycles. The van der Waals surface area contributed by atoms with E-state index in [2.05, 4.69) is 22.9 Å². The third-order valence-corrected chi connectivity index (χ3v) is 4.09. The molecule has 0 amide bonds. The molecule has 0 bridgehead atoms. The van der Waals surface area contributed by atoms with E-state index in [4.69, 9.17) is 9.47 Å². The number of hydrogen-bond donors (Lipinski definition) is 0. The second-order valence-corrected chi connectivity index (χ2v) is 6.50. The average molecular weight is 405 g/mol. The molecule has 132 valence electrons. The average Bonchev–Trinajstić information content (AvgIpc) is 2.63.